The van der Waals surface area contributed by atoms with E-state index in [-0.39, 0.29) is 12.3 Å². The van der Waals surface area contributed by atoms with E-state index in [4.69, 9.17) is 5.11 Å². The van der Waals surface area contributed by atoms with Gasteiger partial charge in [0, 0.05) is 32.1 Å². The highest BCUT2D eigenvalue weighted by molar-refractivity contribution is 5.76. The van der Waals surface area contributed by atoms with Gasteiger partial charge in [-0.25, -0.2) is 0 Å². The van der Waals surface area contributed by atoms with E-state index in [1.807, 2.05) is 4.90 Å². The minimum Gasteiger partial charge on any atom is -0.481 e. The van der Waals surface area contributed by atoms with Gasteiger partial charge >= 0.3 is 5.97 Å². The third-order valence-electron chi connectivity index (χ3n) is 3.43. The van der Waals surface area contributed by atoms with Crippen molar-refractivity contribution in [3.8, 4) is 0 Å². The molecule has 0 aliphatic carbocycles. The van der Waals surface area contributed by atoms with E-state index in [0.29, 0.717) is 31.8 Å². The zero-order chi connectivity index (χ0) is 13.7. The summed E-state index contributed by atoms with van der Waals surface area (Å²) in [7, 11) is 0. The fourth-order valence-corrected chi connectivity index (χ4v) is 2.34. The molecule has 1 aromatic heterocycles. The van der Waals surface area contributed by atoms with Crippen LogP contribution in [0.5, 0.6) is 0 Å². The molecule has 1 saturated heterocycles. The number of rotatable bonds is 6. The summed E-state index contributed by atoms with van der Waals surface area (Å²) in [5, 5.41) is 16.1. The quantitative estimate of drug-likeness (QED) is 0.804. The molecular formula is C12H18N4O3. The van der Waals surface area contributed by atoms with E-state index in [2.05, 4.69) is 10.3 Å². The molecule has 1 atom stereocenters. The number of aryl methyl sites for hydroxylation is 1. The van der Waals surface area contributed by atoms with Gasteiger partial charge in [0.05, 0.1) is 12.7 Å². The first kappa shape index (κ1) is 13.5. The average Bonchev–Trinajstić information content (AvgIpc) is 3.04. The van der Waals surface area contributed by atoms with E-state index in [9.17, 15) is 9.59 Å². The van der Waals surface area contributed by atoms with Crippen LogP contribution in [-0.4, -0.2) is 50.0 Å². The molecule has 2 rings (SSSR count). The molecule has 1 aromatic rings. The maximum absolute atomic E-state index is 12.0. The first-order valence-corrected chi connectivity index (χ1v) is 6.49. The van der Waals surface area contributed by atoms with Gasteiger partial charge in [0.25, 0.3) is 0 Å². The average molecular weight is 266 g/mol. The van der Waals surface area contributed by atoms with Gasteiger partial charge in [-0.05, 0) is 18.8 Å². The SMILES string of the molecule is O=C(O)CCC1CCN(C(=O)CCn2ccnn2)C1. The molecule has 0 bridgehead atoms. The van der Waals surface area contributed by atoms with Gasteiger partial charge in [-0.15, -0.1) is 5.10 Å². The molecule has 1 aliphatic rings. The summed E-state index contributed by atoms with van der Waals surface area (Å²) in [4.78, 5) is 24.3. The van der Waals surface area contributed by atoms with Crippen molar-refractivity contribution >= 4 is 11.9 Å². The van der Waals surface area contributed by atoms with Gasteiger partial charge in [-0.2, -0.15) is 0 Å². The van der Waals surface area contributed by atoms with Gasteiger partial charge < -0.3 is 10.0 Å². The Bertz CT molecular complexity index is 432. The second-order valence-corrected chi connectivity index (χ2v) is 4.84. The van der Waals surface area contributed by atoms with E-state index in [1.165, 1.54) is 0 Å². The van der Waals surface area contributed by atoms with Crippen LogP contribution in [0.1, 0.15) is 25.7 Å². The Labute approximate surface area is 111 Å². The third kappa shape index (κ3) is 4.04. The maximum atomic E-state index is 12.0. The molecular weight excluding hydrogens is 248 g/mol. The Kier molecular flexibility index (Phi) is 4.48. The molecule has 1 unspecified atom stereocenters. The summed E-state index contributed by atoms with van der Waals surface area (Å²) in [6.07, 6.45) is 5.47. The highest BCUT2D eigenvalue weighted by Gasteiger charge is 2.26. The predicted octanol–water partition coefficient (Wildman–Crippen LogP) is 0.381. The summed E-state index contributed by atoms with van der Waals surface area (Å²) in [5.41, 5.74) is 0. The molecule has 0 spiro atoms. The Morgan fingerprint density at radius 2 is 2.21 bits per heavy atom. The summed E-state index contributed by atoms with van der Waals surface area (Å²) >= 11 is 0. The van der Waals surface area contributed by atoms with Crippen molar-refractivity contribution in [2.45, 2.75) is 32.2 Å². The molecule has 1 aliphatic heterocycles. The van der Waals surface area contributed by atoms with Crippen molar-refractivity contribution in [3.63, 3.8) is 0 Å². The standard InChI is InChI=1S/C12H18N4O3/c17-11(4-7-16-8-5-13-14-16)15-6-3-10(9-15)1-2-12(18)19/h5,8,10H,1-4,6-7,9H2,(H,18,19). The van der Waals surface area contributed by atoms with Gasteiger partial charge in [-0.3, -0.25) is 14.3 Å². The minimum absolute atomic E-state index is 0.105. The number of carbonyl (C=O) groups is 2. The Hall–Kier alpha value is -1.92. The molecule has 1 N–H and O–H groups in total. The van der Waals surface area contributed by atoms with Crippen LogP contribution >= 0.6 is 0 Å². The topological polar surface area (TPSA) is 88.3 Å². The Balaban J connectivity index is 1.71. The molecule has 104 valence electrons. The number of amides is 1. The first-order chi connectivity index (χ1) is 9.15. The number of likely N-dealkylation sites (tertiary alicyclic amines) is 1. The second-order valence-electron chi connectivity index (χ2n) is 4.84. The predicted molar refractivity (Wildman–Crippen MR) is 66.2 cm³/mol. The van der Waals surface area contributed by atoms with E-state index >= 15 is 0 Å². The van der Waals surface area contributed by atoms with Crippen LogP contribution in [-0.2, 0) is 16.1 Å². The van der Waals surface area contributed by atoms with Crippen molar-refractivity contribution in [2.24, 2.45) is 5.92 Å². The molecule has 7 nitrogen and oxygen atoms in total. The lowest BCUT2D eigenvalue weighted by Crippen LogP contribution is -2.29. The van der Waals surface area contributed by atoms with E-state index in [1.54, 1.807) is 17.1 Å². The molecule has 1 fully saturated rings. The molecule has 2 heterocycles. The molecule has 0 radical (unpaired) electrons. The highest BCUT2D eigenvalue weighted by atomic mass is 16.4. The number of hydrogen-bond donors (Lipinski definition) is 1. The summed E-state index contributed by atoms with van der Waals surface area (Å²) in [5.74, 6) is -0.337. The third-order valence-corrected chi connectivity index (χ3v) is 3.43. The second kappa shape index (κ2) is 6.31. The van der Waals surface area contributed by atoms with Crippen molar-refractivity contribution in [1.82, 2.24) is 19.9 Å². The van der Waals surface area contributed by atoms with Crippen LogP contribution in [0, 0.1) is 5.92 Å². The monoisotopic (exact) mass is 266 g/mol. The first-order valence-electron chi connectivity index (χ1n) is 6.49. The minimum atomic E-state index is -0.768. The van der Waals surface area contributed by atoms with Crippen LogP contribution in [0.3, 0.4) is 0 Å². The number of aliphatic carboxylic acids is 1. The molecule has 7 heteroatoms. The number of carboxylic acids is 1. The number of aromatic nitrogens is 3. The number of carboxylic acid groups (broad SMARTS) is 1. The van der Waals surface area contributed by atoms with E-state index < -0.39 is 5.97 Å². The molecule has 0 saturated carbocycles. The lowest BCUT2D eigenvalue weighted by Gasteiger charge is -2.16. The molecule has 1 amide bonds. The lowest BCUT2D eigenvalue weighted by atomic mass is 10.0. The van der Waals surface area contributed by atoms with Crippen LogP contribution in [0.4, 0.5) is 0 Å². The highest BCUT2D eigenvalue weighted by Crippen LogP contribution is 2.21. The van der Waals surface area contributed by atoms with Crippen molar-refractivity contribution in [1.29, 1.82) is 0 Å². The fourth-order valence-electron chi connectivity index (χ4n) is 2.34. The number of hydrogen-bond acceptors (Lipinski definition) is 4. The zero-order valence-electron chi connectivity index (χ0n) is 10.7. The largest absolute Gasteiger partial charge is 0.481 e. The van der Waals surface area contributed by atoms with Crippen molar-refractivity contribution in [2.75, 3.05) is 13.1 Å². The van der Waals surface area contributed by atoms with Crippen LogP contribution < -0.4 is 0 Å². The zero-order valence-corrected chi connectivity index (χ0v) is 10.7. The normalized spacial score (nSPS) is 18.7. The van der Waals surface area contributed by atoms with Gasteiger partial charge in [0.15, 0.2) is 0 Å². The lowest BCUT2D eigenvalue weighted by molar-refractivity contribution is -0.137. The molecule has 0 aromatic carbocycles. The van der Waals surface area contributed by atoms with Gasteiger partial charge in [0.2, 0.25) is 5.91 Å². The Morgan fingerprint density at radius 3 is 2.89 bits per heavy atom. The smallest absolute Gasteiger partial charge is 0.303 e. The Morgan fingerprint density at radius 1 is 1.37 bits per heavy atom. The van der Waals surface area contributed by atoms with Gasteiger partial charge in [0.1, 0.15) is 0 Å². The van der Waals surface area contributed by atoms with Crippen molar-refractivity contribution in [3.05, 3.63) is 12.4 Å². The summed E-state index contributed by atoms with van der Waals surface area (Å²) in [6.45, 7) is 1.96. The van der Waals surface area contributed by atoms with E-state index in [0.717, 1.165) is 13.0 Å². The number of nitrogens with zero attached hydrogens (tertiary/aromatic N) is 4. The van der Waals surface area contributed by atoms with Crippen molar-refractivity contribution < 1.29 is 14.7 Å². The van der Waals surface area contributed by atoms with Crippen LogP contribution in [0.25, 0.3) is 0 Å². The van der Waals surface area contributed by atoms with Gasteiger partial charge in [-0.1, -0.05) is 5.21 Å². The summed E-state index contributed by atoms with van der Waals surface area (Å²) in [6, 6.07) is 0. The molecule has 19 heavy (non-hydrogen) atoms. The summed E-state index contributed by atoms with van der Waals surface area (Å²) < 4.78 is 1.63. The maximum Gasteiger partial charge on any atom is 0.303 e. The number of carbonyl (C=O) groups excluding carboxylic acids is 1. The fraction of sp³-hybridized carbons (Fsp3) is 0.667. The van der Waals surface area contributed by atoms with Crippen LogP contribution in [0.15, 0.2) is 12.4 Å². The van der Waals surface area contributed by atoms with Crippen LogP contribution in [0.2, 0.25) is 0 Å².